The molecule has 0 amide bonds. The summed E-state index contributed by atoms with van der Waals surface area (Å²) in [6, 6.07) is 10.7. The molecule has 0 spiro atoms. The number of carboxylic acids is 2. The van der Waals surface area contributed by atoms with Crippen LogP contribution in [0, 0.1) is 0 Å². The smallest absolute Gasteiger partial charge is 0.414 e. The number of piperidine rings is 1. The third-order valence-electron chi connectivity index (χ3n) is 2.66. The van der Waals surface area contributed by atoms with Gasteiger partial charge in [0.2, 0.25) is 0 Å². The zero-order valence-electron chi connectivity index (χ0n) is 10.1. The summed E-state index contributed by atoms with van der Waals surface area (Å²) in [7, 11) is 0. The van der Waals surface area contributed by atoms with Crippen LogP contribution in [0.3, 0.4) is 0 Å². The van der Waals surface area contributed by atoms with Crippen molar-refractivity contribution in [3.8, 4) is 0 Å². The van der Waals surface area contributed by atoms with Crippen LogP contribution in [0.5, 0.6) is 0 Å². The summed E-state index contributed by atoms with van der Waals surface area (Å²) >= 11 is 0. The van der Waals surface area contributed by atoms with Crippen molar-refractivity contribution in [2.24, 2.45) is 0 Å². The number of hydrogen-bond acceptors (Lipinski definition) is 3. The summed E-state index contributed by atoms with van der Waals surface area (Å²) in [6.07, 6.45) is 4.12. The summed E-state index contributed by atoms with van der Waals surface area (Å²) in [5.41, 5.74) is 1.39. The highest BCUT2D eigenvalue weighted by atomic mass is 16.4. The molecule has 5 nitrogen and oxygen atoms in total. The molecule has 0 unspecified atom stereocenters. The van der Waals surface area contributed by atoms with Crippen LogP contribution in [-0.2, 0) is 9.59 Å². The van der Waals surface area contributed by atoms with E-state index in [4.69, 9.17) is 19.8 Å². The molecule has 0 saturated carbocycles. The van der Waals surface area contributed by atoms with E-state index >= 15 is 0 Å². The highest BCUT2D eigenvalue weighted by molar-refractivity contribution is 6.27. The maximum absolute atomic E-state index is 9.10. The molecule has 2 rings (SSSR count). The van der Waals surface area contributed by atoms with E-state index in [9.17, 15) is 0 Å². The quantitative estimate of drug-likeness (QED) is 0.744. The molecule has 1 aromatic rings. The molecule has 0 radical (unpaired) electrons. The number of rotatable bonds is 1. The van der Waals surface area contributed by atoms with Crippen LogP contribution >= 0.6 is 0 Å². The van der Waals surface area contributed by atoms with Gasteiger partial charge in [-0.25, -0.2) is 9.59 Å². The maximum atomic E-state index is 9.10. The van der Waals surface area contributed by atoms with Gasteiger partial charge in [0, 0.05) is 18.8 Å². The third kappa shape index (κ3) is 4.86. The molecule has 1 aliphatic rings. The van der Waals surface area contributed by atoms with Crippen molar-refractivity contribution in [1.82, 2.24) is 0 Å². The molecule has 2 N–H and O–H groups in total. The Morgan fingerprint density at radius 1 is 0.889 bits per heavy atom. The first-order chi connectivity index (χ1) is 8.61. The van der Waals surface area contributed by atoms with E-state index < -0.39 is 11.9 Å². The van der Waals surface area contributed by atoms with E-state index in [0.717, 1.165) is 0 Å². The molecule has 0 aliphatic carbocycles. The highest BCUT2D eigenvalue weighted by Crippen LogP contribution is 2.18. The van der Waals surface area contributed by atoms with Crippen molar-refractivity contribution >= 4 is 17.6 Å². The molecule has 1 heterocycles. The van der Waals surface area contributed by atoms with E-state index in [-0.39, 0.29) is 0 Å². The maximum Gasteiger partial charge on any atom is 0.414 e. The number of carboxylic acid groups (broad SMARTS) is 2. The van der Waals surface area contributed by atoms with Crippen molar-refractivity contribution in [3.05, 3.63) is 30.3 Å². The summed E-state index contributed by atoms with van der Waals surface area (Å²) < 4.78 is 0. The minimum atomic E-state index is -1.82. The lowest BCUT2D eigenvalue weighted by Gasteiger charge is -2.28. The van der Waals surface area contributed by atoms with Crippen molar-refractivity contribution in [2.45, 2.75) is 19.3 Å². The van der Waals surface area contributed by atoms with Gasteiger partial charge in [0.1, 0.15) is 0 Å². The second-order valence-corrected chi connectivity index (χ2v) is 3.99. The van der Waals surface area contributed by atoms with Crippen LogP contribution in [0.4, 0.5) is 5.69 Å². The van der Waals surface area contributed by atoms with Crippen molar-refractivity contribution < 1.29 is 19.8 Å². The van der Waals surface area contributed by atoms with Crippen LogP contribution < -0.4 is 4.90 Å². The first-order valence-electron chi connectivity index (χ1n) is 5.87. The Kier molecular flexibility index (Phi) is 5.70. The SMILES string of the molecule is O=C(O)C(=O)O.c1ccc(N2CCCCC2)cc1. The van der Waals surface area contributed by atoms with Crippen LogP contribution in [0.25, 0.3) is 0 Å². The predicted octanol–water partition coefficient (Wildman–Crippen LogP) is 1.83. The Labute approximate surface area is 106 Å². The minimum Gasteiger partial charge on any atom is -0.473 e. The van der Waals surface area contributed by atoms with Gasteiger partial charge >= 0.3 is 11.9 Å². The molecular weight excluding hydrogens is 234 g/mol. The Hall–Kier alpha value is -2.04. The molecular formula is C13H17NO4. The van der Waals surface area contributed by atoms with Crippen molar-refractivity contribution in [2.75, 3.05) is 18.0 Å². The first kappa shape index (κ1) is 14.0. The predicted molar refractivity (Wildman–Crippen MR) is 67.8 cm³/mol. The lowest BCUT2D eigenvalue weighted by atomic mass is 10.1. The standard InChI is InChI=1S/C11H15N.C2H2O4/c1-3-7-11(8-4-1)12-9-5-2-6-10-12;3-1(4)2(5)6/h1,3-4,7-8H,2,5-6,9-10H2;(H,3,4)(H,5,6). The van der Waals surface area contributed by atoms with E-state index in [2.05, 4.69) is 35.2 Å². The molecule has 0 aromatic heterocycles. The zero-order valence-corrected chi connectivity index (χ0v) is 10.1. The van der Waals surface area contributed by atoms with Crippen LogP contribution in [0.15, 0.2) is 30.3 Å². The topological polar surface area (TPSA) is 77.8 Å². The second-order valence-electron chi connectivity index (χ2n) is 3.99. The Morgan fingerprint density at radius 3 is 1.83 bits per heavy atom. The molecule has 1 saturated heterocycles. The van der Waals surface area contributed by atoms with E-state index in [1.165, 1.54) is 38.0 Å². The van der Waals surface area contributed by atoms with Gasteiger partial charge in [-0.3, -0.25) is 0 Å². The number of carbonyl (C=O) groups is 2. The fraction of sp³-hybridized carbons (Fsp3) is 0.385. The van der Waals surface area contributed by atoms with Crippen LogP contribution in [-0.4, -0.2) is 35.2 Å². The zero-order chi connectivity index (χ0) is 13.4. The van der Waals surface area contributed by atoms with Crippen molar-refractivity contribution in [3.63, 3.8) is 0 Å². The molecule has 0 atom stereocenters. The number of nitrogens with zero attached hydrogens (tertiary/aromatic N) is 1. The third-order valence-corrected chi connectivity index (χ3v) is 2.66. The number of para-hydroxylation sites is 1. The summed E-state index contributed by atoms with van der Waals surface area (Å²) in [5, 5.41) is 14.8. The van der Waals surface area contributed by atoms with Crippen LogP contribution in [0.2, 0.25) is 0 Å². The molecule has 98 valence electrons. The van der Waals surface area contributed by atoms with Crippen LogP contribution in [0.1, 0.15) is 19.3 Å². The van der Waals surface area contributed by atoms with Gasteiger partial charge in [0.15, 0.2) is 0 Å². The Morgan fingerprint density at radius 2 is 1.39 bits per heavy atom. The molecule has 18 heavy (non-hydrogen) atoms. The molecule has 1 fully saturated rings. The largest absolute Gasteiger partial charge is 0.473 e. The van der Waals surface area contributed by atoms with E-state index in [1.807, 2.05) is 0 Å². The second kappa shape index (κ2) is 7.32. The number of anilines is 1. The van der Waals surface area contributed by atoms with Gasteiger partial charge < -0.3 is 15.1 Å². The molecule has 5 heteroatoms. The Balaban J connectivity index is 0.000000232. The average molecular weight is 251 g/mol. The van der Waals surface area contributed by atoms with Gasteiger partial charge in [-0.2, -0.15) is 0 Å². The summed E-state index contributed by atoms with van der Waals surface area (Å²) in [4.78, 5) is 20.7. The first-order valence-corrected chi connectivity index (χ1v) is 5.87. The summed E-state index contributed by atoms with van der Waals surface area (Å²) in [5.74, 6) is -3.65. The Bertz CT molecular complexity index is 373. The molecule has 1 aliphatic heterocycles. The van der Waals surface area contributed by atoms with Gasteiger partial charge in [0.05, 0.1) is 0 Å². The summed E-state index contributed by atoms with van der Waals surface area (Å²) in [6.45, 7) is 2.48. The number of benzene rings is 1. The number of aliphatic carboxylic acids is 2. The van der Waals surface area contributed by atoms with Crippen molar-refractivity contribution in [1.29, 1.82) is 0 Å². The lowest BCUT2D eigenvalue weighted by molar-refractivity contribution is -0.159. The van der Waals surface area contributed by atoms with Gasteiger partial charge in [0.25, 0.3) is 0 Å². The number of hydrogen-bond donors (Lipinski definition) is 2. The van der Waals surface area contributed by atoms with E-state index in [0.29, 0.717) is 0 Å². The van der Waals surface area contributed by atoms with Gasteiger partial charge in [-0.15, -0.1) is 0 Å². The monoisotopic (exact) mass is 251 g/mol. The average Bonchev–Trinajstić information content (AvgIpc) is 2.41. The van der Waals surface area contributed by atoms with E-state index in [1.54, 1.807) is 0 Å². The molecule has 0 bridgehead atoms. The van der Waals surface area contributed by atoms with Gasteiger partial charge in [-0.05, 0) is 31.4 Å². The lowest BCUT2D eigenvalue weighted by Crippen LogP contribution is -2.29. The van der Waals surface area contributed by atoms with Gasteiger partial charge in [-0.1, -0.05) is 18.2 Å². The molecule has 1 aromatic carbocycles. The minimum absolute atomic E-state index is 1.24. The fourth-order valence-corrected chi connectivity index (χ4v) is 1.79. The normalized spacial score (nSPS) is 14.3. The highest BCUT2D eigenvalue weighted by Gasteiger charge is 2.09. The fourth-order valence-electron chi connectivity index (χ4n) is 1.79.